The smallest absolute Gasteiger partial charge is 0.295 e. The quantitative estimate of drug-likeness (QED) is 0.160. The first kappa shape index (κ1) is 26.7. The summed E-state index contributed by atoms with van der Waals surface area (Å²) in [7, 11) is 3.00. The second-order valence-corrected chi connectivity index (χ2v) is 8.98. The summed E-state index contributed by atoms with van der Waals surface area (Å²) in [6, 6.07) is 14.9. The first-order valence-electron chi connectivity index (χ1n) is 12.6. The minimum absolute atomic E-state index is 0.00252. The maximum Gasteiger partial charge on any atom is 0.295 e. The molecule has 2 heterocycles. The number of rotatable bonds is 11. The van der Waals surface area contributed by atoms with E-state index in [1.54, 1.807) is 36.7 Å². The third-order valence-electron chi connectivity index (χ3n) is 6.49. The fourth-order valence-electron chi connectivity index (χ4n) is 4.51. The second-order valence-electron chi connectivity index (χ2n) is 8.98. The van der Waals surface area contributed by atoms with E-state index in [1.807, 2.05) is 30.3 Å². The van der Waals surface area contributed by atoms with E-state index in [-0.39, 0.29) is 17.9 Å². The number of carbonyl (C=O) groups is 2. The Hall–Kier alpha value is -4.33. The lowest BCUT2D eigenvalue weighted by Gasteiger charge is -2.25. The van der Waals surface area contributed by atoms with E-state index in [9.17, 15) is 14.7 Å². The summed E-state index contributed by atoms with van der Waals surface area (Å²) in [5, 5.41) is 11.4. The number of benzene rings is 2. The van der Waals surface area contributed by atoms with Crippen LogP contribution in [0, 0.1) is 0 Å². The normalized spacial score (nSPS) is 16.5. The van der Waals surface area contributed by atoms with Gasteiger partial charge in [-0.3, -0.25) is 14.6 Å². The van der Waals surface area contributed by atoms with Crippen molar-refractivity contribution in [1.29, 1.82) is 0 Å². The summed E-state index contributed by atoms with van der Waals surface area (Å²) in [5.74, 6) is -0.168. The number of aliphatic hydroxyl groups excluding tert-OH is 1. The highest BCUT2D eigenvalue weighted by molar-refractivity contribution is 6.46. The molecule has 1 N–H and O–H groups in total. The molecule has 3 aromatic rings. The Labute approximate surface area is 222 Å². The van der Waals surface area contributed by atoms with Crippen molar-refractivity contribution in [3.8, 4) is 17.2 Å². The maximum atomic E-state index is 13.3. The number of aliphatic hydroxyl groups is 1. The van der Waals surface area contributed by atoms with Crippen LogP contribution in [-0.2, 0) is 16.1 Å². The van der Waals surface area contributed by atoms with Gasteiger partial charge in [-0.15, -0.1) is 0 Å². The Morgan fingerprint density at radius 2 is 1.76 bits per heavy atom. The van der Waals surface area contributed by atoms with Gasteiger partial charge in [-0.25, -0.2) is 0 Å². The second kappa shape index (κ2) is 12.3. The van der Waals surface area contributed by atoms with Crippen molar-refractivity contribution in [3.05, 3.63) is 89.3 Å². The van der Waals surface area contributed by atoms with Gasteiger partial charge in [0, 0.05) is 24.5 Å². The molecule has 1 atom stereocenters. The first-order valence-corrected chi connectivity index (χ1v) is 12.6. The van der Waals surface area contributed by atoms with Gasteiger partial charge in [0.05, 0.1) is 32.4 Å². The number of ether oxygens (including phenoxy) is 3. The summed E-state index contributed by atoms with van der Waals surface area (Å²) in [5.41, 5.74) is 1.78. The molecule has 1 aliphatic heterocycles. The predicted molar refractivity (Wildman–Crippen MR) is 143 cm³/mol. The third kappa shape index (κ3) is 5.64. The monoisotopic (exact) mass is 516 g/mol. The molecule has 1 amide bonds. The van der Waals surface area contributed by atoms with Gasteiger partial charge in [-0.1, -0.05) is 38.0 Å². The van der Waals surface area contributed by atoms with Gasteiger partial charge in [0.25, 0.3) is 11.7 Å². The molecule has 0 aliphatic carbocycles. The van der Waals surface area contributed by atoms with Crippen LogP contribution < -0.4 is 14.2 Å². The highest BCUT2D eigenvalue weighted by Gasteiger charge is 2.46. The molecule has 2 aromatic carbocycles. The van der Waals surface area contributed by atoms with E-state index in [4.69, 9.17) is 14.2 Å². The first-order chi connectivity index (χ1) is 18.5. The van der Waals surface area contributed by atoms with Gasteiger partial charge in [0.15, 0.2) is 11.5 Å². The molecule has 0 spiro atoms. The Balaban J connectivity index is 1.76. The predicted octanol–water partition coefficient (Wildman–Crippen LogP) is 5.29. The summed E-state index contributed by atoms with van der Waals surface area (Å²) in [6.07, 6.45) is 6.47. The molecule has 0 radical (unpaired) electrons. The van der Waals surface area contributed by atoms with Crippen molar-refractivity contribution >= 4 is 17.4 Å². The number of likely N-dealkylation sites (tertiary alicyclic amines) is 1. The molecule has 1 saturated heterocycles. The van der Waals surface area contributed by atoms with Gasteiger partial charge in [-0.05, 0) is 53.9 Å². The van der Waals surface area contributed by atoms with Gasteiger partial charge >= 0.3 is 0 Å². The minimum Gasteiger partial charge on any atom is -0.507 e. The summed E-state index contributed by atoms with van der Waals surface area (Å²) in [6.45, 7) is 2.91. The number of carbonyl (C=O) groups excluding carboxylic acids is 2. The summed E-state index contributed by atoms with van der Waals surface area (Å²) >= 11 is 0. The number of pyridine rings is 1. The standard InChI is InChI=1S/C30H32N2O6/c1-4-5-6-16-38-23-12-9-21(10-13-23)27-26(28(33)22-11-14-24(36-2)25(17-22)37-3)29(34)30(35)32(27)19-20-8-7-15-31-18-20/h7-15,17-18,27,33H,4-6,16,19H2,1-3H3/t27-/m0/s1. The number of hydrogen-bond acceptors (Lipinski definition) is 7. The number of ketones is 1. The van der Waals surface area contributed by atoms with Crippen molar-refractivity contribution < 1.29 is 28.9 Å². The van der Waals surface area contributed by atoms with Crippen LogP contribution in [0.1, 0.15) is 48.9 Å². The topological polar surface area (TPSA) is 98.2 Å². The van der Waals surface area contributed by atoms with Crippen LogP contribution in [0.2, 0.25) is 0 Å². The average Bonchev–Trinajstić information content (AvgIpc) is 3.20. The highest BCUT2D eigenvalue weighted by atomic mass is 16.5. The van der Waals surface area contributed by atoms with Gasteiger partial charge in [-0.2, -0.15) is 0 Å². The highest BCUT2D eigenvalue weighted by Crippen LogP contribution is 2.41. The largest absolute Gasteiger partial charge is 0.507 e. The van der Waals surface area contributed by atoms with Gasteiger partial charge < -0.3 is 24.2 Å². The molecule has 0 bridgehead atoms. The van der Waals surface area contributed by atoms with Crippen LogP contribution in [0.25, 0.3) is 5.76 Å². The lowest BCUT2D eigenvalue weighted by Crippen LogP contribution is -2.29. The van der Waals surface area contributed by atoms with E-state index in [2.05, 4.69) is 11.9 Å². The van der Waals surface area contributed by atoms with E-state index in [1.165, 1.54) is 19.1 Å². The van der Waals surface area contributed by atoms with E-state index in [0.29, 0.717) is 35.0 Å². The minimum atomic E-state index is -0.808. The Kier molecular flexibility index (Phi) is 8.63. The van der Waals surface area contributed by atoms with Crippen molar-refractivity contribution in [1.82, 2.24) is 9.88 Å². The molecule has 1 fully saturated rings. The van der Waals surface area contributed by atoms with Crippen LogP contribution in [0.4, 0.5) is 0 Å². The SMILES string of the molecule is CCCCCOc1ccc([C@H]2C(=C(O)c3ccc(OC)c(OC)c3)C(=O)C(=O)N2Cc2cccnc2)cc1. The van der Waals surface area contributed by atoms with Gasteiger partial charge in [0.2, 0.25) is 0 Å². The zero-order chi connectivity index (χ0) is 27.1. The molecule has 1 aromatic heterocycles. The maximum absolute atomic E-state index is 13.3. The number of amides is 1. The van der Waals surface area contributed by atoms with E-state index >= 15 is 0 Å². The van der Waals surface area contributed by atoms with Crippen LogP contribution in [0.5, 0.6) is 17.2 Å². The molecule has 1 aliphatic rings. The van der Waals surface area contributed by atoms with Crippen LogP contribution >= 0.6 is 0 Å². The van der Waals surface area contributed by atoms with Crippen molar-refractivity contribution in [2.75, 3.05) is 20.8 Å². The average molecular weight is 517 g/mol. The zero-order valence-corrected chi connectivity index (χ0v) is 21.8. The Morgan fingerprint density at radius 3 is 2.42 bits per heavy atom. The molecule has 8 heteroatoms. The molecule has 198 valence electrons. The van der Waals surface area contributed by atoms with Crippen LogP contribution in [0.3, 0.4) is 0 Å². The van der Waals surface area contributed by atoms with Crippen LogP contribution in [-0.4, -0.2) is 47.5 Å². The molecular formula is C30H32N2O6. The van der Waals surface area contributed by atoms with E-state index < -0.39 is 17.7 Å². The number of methoxy groups -OCH3 is 2. The van der Waals surface area contributed by atoms with Crippen molar-refractivity contribution in [2.24, 2.45) is 0 Å². The molecule has 0 saturated carbocycles. The lowest BCUT2D eigenvalue weighted by atomic mass is 9.95. The summed E-state index contributed by atoms with van der Waals surface area (Å²) < 4.78 is 16.5. The van der Waals surface area contributed by atoms with Gasteiger partial charge in [0.1, 0.15) is 11.5 Å². The molecular weight excluding hydrogens is 484 g/mol. The number of nitrogens with zero attached hydrogens (tertiary/aromatic N) is 2. The van der Waals surface area contributed by atoms with Crippen molar-refractivity contribution in [3.63, 3.8) is 0 Å². The number of Topliss-reactive ketones (excluding diaryl/α,β-unsaturated/α-hetero) is 1. The van der Waals surface area contributed by atoms with E-state index in [0.717, 1.165) is 24.8 Å². The molecule has 4 rings (SSSR count). The van der Waals surface area contributed by atoms with Crippen molar-refractivity contribution in [2.45, 2.75) is 38.8 Å². The number of aromatic nitrogens is 1. The molecule has 38 heavy (non-hydrogen) atoms. The summed E-state index contributed by atoms with van der Waals surface area (Å²) in [4.78, 5) is 32.2. The fraction of sp³-hybridized carbons (Fsp3) is 0.300. The zero-order valence-electron chi connectivity index (χ0n) is 21.8. The Morgan fingerprint density at radius 1 is 1.00 bits per heavy atom. The molecule has 8 nitrogen and oxygen atoms in total. The lowest BCUT2D eigenvalue weighted by molar-refractivity contribution is -0.140. The fourth-order valence-corrected chi connectivity index (χ4v) is 4.51. The third-order valence-corrected chi connectivity index (χ3v) is 6.49. The number of hydrogen-bond donors (Lipinski definition) is 1. The van der Waals surface area contributed by atoms with Crippen LogP contribution in [0.15, 0.2) is 72.6 Å². The number of unbranched alkanes of at least 4 members (excludes halogenated alkanes) is 2. The molecule has 0 unspecified atom stereocenters. The Bertz CT molecular complexity index is 1300.